The predicted octanol–water partition coefficient (Wildman–Crippen LogP) is 8.40. The molecule has 3 aromatic carbocycles. The van der Waals surface area contributed by atoms with Crippen LogP contribution in [0.4, 0.5) is 17.6 Å². The molecule has 0 nitrogen and oxygen atoms in total. The molecule has 4 rings (SSSR count). The summed E-state index contributed by atoms with van der Waals surface area (Å²) in [7, 11) is 0. The molecule has 0 unspecified atom stereocenters. The Balaban J connectivity index is 1.60. The van der Waals surface area contributed by atoms with E-state index < -0.39 is 17.6 Å². The Morgan fingerprint density at radius 3 is 2.13 bits per heavy atom. The summed E-state index contributed by atoms with van der Waals surface area (Å²) in [5, 5.41) is 0. The van der Waals surface area contributed by atoms with Gasteiger partial charge in [0, 0.05) is 5.56 Å². The van der Waals surface area contributed by atoms with Crippen LogP contribution >= 0.6 is 0 Å². The third kappa shape index (κ3) is 4.68. The molecule has 0 atom stereocenters. The van der Waals surface area contributed by atoms with E-state index in [-0.39, 0.29) is 0 Å². The standard InChI is InChI=1S/C27H26F4/c1-2-3-4-5-6-18-7-14-23-20(15-18)8-9-21-16-25(26(28)17-24(21)23)19-10-12-22(13-11-19)27(29,30)31/h7,10-17H,2-6,8-9H2,1H3. The van der Waals surface area contributed by atoms with Crippen molar-refractivity contribution >= 4 is 0 Å². The van der Waals surface area contributed by atoms with Crippen molar-refractivity contribution in [2.45, 2.75) is 58.0 Å². The number of aryl methyl sites for hydroxylation is 3. The quantitative estimate of drug-likeness (QED) is 0.274. The van der Waals surface area contributed by atoms with Crippen molar-refractivity contribution in [3.8, 4) is 22.3 Å². The van der Waals surface area contributed by atoms with Gasteiger partial charge >= 0.3 is 6.18 Å². The third-order valence-corrected chi connectivity index (χ3v) is 6.16. The van der Waals surface area contributed by atoms with Gasteiger partial charge in [-0.3, -0.25) is 0 Å². The van der Waals surface area contributed by atoms with Crippen molar-refractivity contribution < 1.29 is 17.6 Å². The van der Waals surface area contributed by atoms with Gasteiger partial charge in [0.05, 0.1) is 5.56 Å². The Kier molecular flexibility index (Phi) is 6.17. The molecule has 31 heavy (non-hydrogen) atoms. The molecular formula is C27H26F4. The van der Waals surface area contributed by atoms with E-state index >= 15 is 0 Å². The van der Waals surface area contributed by atoms with Crippen LogP contribution in [-0.4, -0.2) is 0 Å². The number of unbranched alkanes of at least 4 members (excludes halogenated alkanes) is 3. The average Bonchev–Trinajstić information content (AvgIpc) is 2.75. The number of hydrogen-bond acceptors (Lipinski definition) is 0. The van der Waals surface area contributed by atoms with Crippen LogP contribution in [0.1, 0.15) is 54.9 Å². The van der Waals surface area contributed by atoms with Gasteiger partial charge in [0.2, 0.25) is 0 Å². The van der Waals surface area contributed by atoms with Crippen LogP contribution in [0.2, 0.25) is 0 Å². The van der Waals surface area contributed by atoms with Crippen LogP contribution in [0, 0.1) is 5.82 Å². The van der Waals surface area contributed by atoms with Gasteiger partial charge in [0.25, 0.3) is 0 Å². The van der Waals surface area contributed by atoms with Crippen molar-refractivity contribution in [1.82, 2.24) is 0 Å². The van der Waals surface area contributed by atoms with Gasteiger partial charge in [-0.1, -0.05) is 56.5 Å². The molecule has 1 aliphatic rings. The molecule has 0 radical (unpaired) electrons. The first-order valence-corrected chi connectivity index (χ1v) is 11.0. The third-order valence-electron chi connectivity index (χ3n) is 6.16. The molecule has 0 saturated heterocycles. The van der Waals surface area contributed by atoms with Gasteiger partial charge in [0.1, 0.15) is 5.82 Å². The van der Waals surface area contributed by atoms with Gasteiger partial charge in [-0.05, 0) is 83.3 Å². The van der Waals surface area contributed by atoms with E-state index in [1.807, 2.05) is 0 Å². The number of alkyl halides is 3. The fraction of sp³-hybridized carbons (Fsp3) is 0.333. The lowest BCUT2D eigenvalue weighted by atomic mass is 9.83. The van der Waals surface area contributed by atoms with Gasteiger partial charge < -0.3 is 0 Å². The number of rotatable bonds is 6. The molecule has 0 bridgehead atoms. The molecule has 162 valence electrons. The summed E-state index contributed by atoms with van der Waals surface area (Å²) in [6.07, 6.45) is 3.29. The van der Waals surface area contributed by atoms with Gasteiger partial charge in [0.15, 0.2) is 0 Å². The zero-order valence-corrected chi connectivity index (χ0v) is 17.7. The van der Waals surface area contributed by atoms with Crippen molar-refractivity contribution in [2.75, 3.05) is 0 Å². The minimum atomic E-state index is -4.40. The second kappa shape index (κ2) is 8.86. The predicted molar refractivity (Wildman–Crippen MR) is 118 cm³/mol. The number of fused-ring (bicyclic) bond motifs is 3. The summed E-state index contributed by atoms with van der Waals surface area (Å²) < 4.78 is 53.5. The van der Waals surface area contributed by atoms with E-state index in [0.717, 1.165) is 48.1 Å². The highest BCUT2D eigenvalue weighted by molar-refractivity contribution is 5.78. The first-order chi connectivity index (χ1) is 14.9. The van der Waals surface area contributed by atoms with Crippen LogP contribution < -0.4 is 0 Å². The Bertz CT molecular complexity index is 1060. The summed E-state index contributed by atoms with van der Waals surface area (Å²) in [4.78, 5) is 0. The maximum atomic E-state index is 15.0. The molecule has 0 amide bonds. The molecule has 0 saturated carbocycles. The number of halogens is 4. The summed E-state index contributed by atoms with van der Waals surface area (Å²) in [5.74, 6) is -0.407. The largest absolute Gasteiger partial charge is 0.416 e. The smallest absolute Gasteiger partial charge is 0.206 e. The molecule has 3 aromatic rings. The minimum absolute atomic E-state index is 0.350. The van der Waals surface area contributed by atoms with E-state index in [1.165, 1.54) is 48.9 Å². The Morgan fingerprint density at radius 1 is 0.742 bits per heavy atom. The van der Waals surface area contributed by atoms with Crippen molar-refractivity contribution in [1.29, 1.82) is 0 Å². The zero-order chi connectivity index (χ0) is 22.0. The highest BCUT2D eigenvalue weighted by Gasteiger charge is 2.30. The normalized spacial score (nSPS) is 13.1. The van der Waals surface area contributed by atoms with Gasteiger partial charge in [-0.2, -0.15) is 13.2 Å². The van der Waals surface area contributed by atoms with Gasteiger partial charge in [-0.25, -0.2) is 4.39 Å². The fourth-order valence-corrected chi connectivity index (χ4v) is 4.43. The highest BCUT2D eigenvalue weighted by Crippen LogP contribution is 2.38. The second-order valence-corrected chi connectivity index (χ2v) is 8.37. The maximum absolute atomic E-state index is 15.0. The molecule has 0 aliphatic heterocycles. The molecule has 0 fully saturated rings. The van der Waals surface area contributed by atoms with E-state index in [4.69, 9.17) is 0 Å². The minimum Gasteiger partial charge on any atom is -0.206 e. The lowest BCUT2D eigenvalue weighted by molar-refractivity contribution is -0.137. The number of hydrogen-bond donors (Lipinski definition) is 0. The summed E-state index contributed by atoms with van der Waals surface area (Å²) in [6, 6.07) is 14.5. The van der Waals surface area contributed by atoms with Crippen molar-refractivity contribution in [3.63, 3.8) is 0 Å². The van der Waals surface area contributed by atoms with E-state index in [1.54, 1.807) is 12.1 Å². The summed E-state index contributed by atoms with van der Waals surface area (Å²) >= 11 is 0. The van der Waals surface area contributed by atoms with E-state index in [2.05, 4.69) is 25.1 Å². The molecule has 0 spiro atoms. The van der Waals surface area contributed by atoms with Crippen molar-refractivity contribution in [2.24, 2.45) is 0 Å². The second-order valence-electron chi connectivity index (χ2n) is 8.37. The van der Waals surface area contributed by atoms with E-state index in [0.29, 0.717) is 11.1 Å². The molecular weight excluding hydrogens is 400 g/mol. The van der Waals surface area contributed by atoms with Crippen LogP contribution in [-0.2, 0) is 25.4 Å². The molecule has 0 aromatic heterocycles. The van der Waals surface area contributed by atoms with Crippen LogP contribution in [0.15, 0.2) is 54.6 Å². The molecule has 0 N–H and O–H groups in total. The van der Waals surface area contributed by atoms with Gasteiger partial charge in [-0.15, -0.1) is 0 Å². The van der Waals surface area contributed by atoms with Crippen molar-refractivity contribution in [3.05, 3.63) is 82.7 Å². The highest BCUT2D eigenvalue weighted by atomic mass is 19.4. The topological polar surface area (TPSA) is 0 Å². The lowest BCUT2D eigenvalue weighted by Gasteiger charge is -2.22. The maximum Gasteiger partial charge on any atom is 0.416 e. The van der Waals surface area contributed by atoms with E-state index in [9.17, 15) is 17.6 Å². The molecule has 0 heterocycles. The average molecular weight is 426 g/mol. The Hall–Kier alpha value is -2.62. The first-order valence-electron chi connectivity index (χ1n) is 11.0. The zero-order valence-electron chi connectivity index (χ0n) is 17.7. The summed E-state index contributed by atoms with van der Waals surface area (Å²) in [5.41, 5.74) is 5.67. The lowest BCUT2D eigenvalue weighted by Crippen LogP contribution is -2.06. The monoisotopic (exact) mass is 426 g/mol. The van der Waals surface area contributed by atoms with Crippen LogP contribution in [0.25, 0.3) is 22.3 Å². The Morgan fingerprint density at radius 2 is 1.45 bits per heavy atom. The first kappa shape index (κ1) is 21.6. The van der Waals surface area contributed by atoms with Crippen LogP contribution in [0.5, 0.6) is 0 Å². The molecule has 1 aliphatic carbocycles. The SMILES string of the molecule is CCCCCCc1ccc2c(c1)CCc1cc(-c3ccc(C(F)(F)F)cc3)c(F)cc1-2. The number of benzene rings is 3. The Labute approximate surface area is 180 Å². The molecule has 4 heteroatoms. The summed E-state index contributed by atoms with van der Waals surface area (Å²) in [6.45, 7) is 2.21. The van der Waals surface area contributed by atoms with Crippen LogP contribution in [0.3, 0.4) is 0 Å². The fourth-order valence-electron chi connectivity index (χ4n) is 4.43.